The van der Waals surface area contributed by atoms with E-state index in [1.54, 1.807) is 19.0 Å². The van der Waals surface area contributed by atoms with Gasteiger partial charge in [-0.15, -0.1) is 5.10 Å². The van der Waals surface area contributed by atoms with Crippen LogP contribution in [0.1, 0.15) is 26.0 Å². The molecule has 7 heteroatoms. The molecule has 0 spiro atoms. The third kappa shape index (κ3) is 5.12. The molecule has 0 saturated heterocycles. The van der Waals surface area contributed by atoms with Crippen molar-refractivity contribution in [3.05, 3.63) is 5.69 Å². The van der Waals surface area contributed by atoms with Gasteiger partial charge in [0.05, 0.1) is 6.54 Å². The van der Waals surface area contributed by atoms with Gasteiger partial charge in [0.25, 0.3) is 0 Å². The minimum Gasteiger partial charge on any atom is -0.374 e. The van der Waals surface area contributed by atoms with E-state index in [0.29, 0.717) is 13.1 Å². The second-order valence-electron chi connectivity index (χ2n) is 4.57. The number of likely N-dealkylation sites (N-methyl/N-ethyl adjacent to an activating group) is 2. The topological polar surface area (TPSA) is 61.4 Å². The van der Waals surface area contributed by atoms with Crippen LogP contribution >= 0.6 is 11.5 Å². The van der Waals surface area contributed by atoms with Crippen LogP contribution in [0.2, 0.25) is 0 Å². The summed E-state index contributed by atoms with van der Waals surface area (Å²) in [4.78, 5) is 15.4. The van der Waals surface area contributed by atoms with Crippen LogP contribution in [0.15, 0.2) is 0 Å². The molecule has 0 saturated carbocycles. The minimum absolute atomic E-state index is 0.105. The maximum absolute atomic E-state index is 11.7. The predicted molar refractivity (Wildman–Crippen MR) is 78.3 cm³/mol. The summed E-state index contributed by atoms with van der Waals surface area (Å²) in [6.07, 6.45) is 1.06. The van der Waals surface area contributed by atoms with Crippen molar-refractivity contribution in [2.75, 3.05) is 39.0 Å². The number of aromatic nitrogens is 2. The lowest BCUT2D eigenvalue weighted by molar-refractivity contribution is -0.130. The molecule has 1 amide bonds. The summed E-state index contributed by atoms with van der Waals surface area (Å²) < 4.78 is 3.98. The molecule has 0 unspecified atom stereocenters. The average Bonchev–Trinajstić information content (AvgIpc) is 2.82. The molecule has 1 heterocycles. The van der Waals surface area contributed by atoms with Crippen LogP contribution in [0, 0.1) is 0 Å². The summed E-state index contributed by atoms with van der Waals surface area (Å²) in [5.41, 5.74) is 0.923. The fraction of sp³-hybridized carbons (Fsp3) is 0.750. The number of carbonyl (C=O) groups excluding carboxylic acids is 1. The fourth-order valence-electron chi connectivity index (χ4n) is 1.51. The SMILES string of the molecule is CCCNc1snnc1CN(CC)CC(=O)N(C)C. The van der Waals surface area contributed by atoms with Crippen molar-refractivity contribution in [1.29, 1.82) is 0 Å². The van der Waals surface area contributed by atoms with Crippen molar-refractivity contribution >= 4 is 22.4 Å². The molecule has 1 N–H and O–H groups in total. The van der Waals surface area contributed by atoms with Crippen LogP contribution in [0.4, 0.5) is 5.00 Å². The Bertz CT molecular complexity index is 393. The van der Waals surface area contributed by atoms with Gasteiger partial charge in [0.1, 0.15) is 10.7 Å². The maximum Gasteiger partial charge on any atom is 0.236 e. The molecule has 0 atom stereocenters. The number of carbonyl (C=O) groups is 1. The van der Waals surface area contributed by atoms with Crippen LogP contribution in [0.5, 0.6) is 0 Å². The monoisotopic (exact) mass is 285 g/mol. The first kappa shape index (κ1) is 15.8. The van der Waals surface area contributed by atoms with Crippen molar-refractivity contribution in [2.45, 2.75) is 26.8 Å². The van der Waals surface area contributed by atoms with E-state index < -0.39 is 0 Å². The summed E-state index contributed by atoms with van der Waals surface area (Å²) >= 11 is 1.37. The highest BCUT2D eigenvalue weighted by molar-refractivity contribution is 7.10. The normalized spacial score (nSPS) is 10.8. The first-order valence-electron chi connectivity index (χ1n) is 6.56. The van der Waals surface area contributed by atoms with Gasteiger partial charge in [-0.1, -0.05) is 18.3 Å². The van der Waals surface area contributed by atoms with Gasteiger partial charge in [-0.25, -0.2) is 0 Å². The number of amides is 1. The molecule has 19 heavy (non-hydrogen) atoms. The largest absolute Gasteiger partial charge is 0.374 e. The molecule has 108 valence electrons. The third-order valence-electron chi connectivity index (χ3n) is 2.77. The van der Waals surface area contributed by atoms with Crippen molar-refractivity contribution < 1.29 is 4.79 Å². The standard InChI is InChI=1S/C12H23N5OS/c1-5-7-13-12-10(14-15-19-12)8-17(6-2)9-11(18)16(3)4/h13H,5-9H2,1-4H3. The molecule has 1 aromatic heterocycles. The maximum atomic E-state index is 11.7. The number of rotatable bonds is 8. The Morgan fingerprint density at radius 3 is 2.68 bits per heavy atom. The molecule has 0 radical (unpaired) electrons. The van der Waals surface area contributed by atoms with Crippen molar-refractivity contribution in [2.24, 2.45) is 0 Å². The van der Waals surface area contributed by atoms with Crippen molar-refractivity contribution in [1.82, 2.24) is 19.4 Å². The lowest BCUT2D eigenvalue weighted by atomic mass is 10.3. The van der Waals surface area contributed by atoms with Gasteiger partial charge in [0.15, 0.2) is 0 Å². The second kappa shape index (κ2) is 8.06. The van der Waals surface area contributed by atoms with Crippen molar-refractivity contribution in [3.63, 3.8) is 0 Å². The predicted octanol–water partition coefficient (Wildman–Crippen LogP) is 1.27. The zero-order chi connectivity index (χ0) is 14.3. The van der Waals surface area contributed by atoms with Gasteiger partial charge in [-0.05, 0) is 13.0 Å². The molecule has 0 aromatic carbocycles. The Morgan fingerprint density at radius 1 is 1.37 bits per heavy atom. The smallest absolute Gasteiger partial charge is 0.236 e. The molecular weight excluding hydrogens is 262 g/mol. The number of hydrogen-bond acceptors (Lipinski definition) is 6. The van der Waals surface area contributed by atoms with E-state index in [1.807, 2.05) is 6.92 Å². The van der Waals surface area contributed by atoms with Crippen LogP contribution in [-0.4, -0.2) is 59.0 Å². The number of anilines is 1. The van der Waals surface area contributed by atoms with Crippen LogP contribution < -0.4 is 5.32 Å². The molecule has 6 nitrogen and oxygen atoms in total. The number of nitrogens with zero attached hydrogens (tertiary/aromatic N) is 4. The van der Waals surface area contributed by atoms with Gasteiger partial charge in [0.2, 0.25) is 5.91 Å². The second-order valence-corrected chi connectivity index (χ2v) is 5.32. The van der Waals surface area contributed by atoms with E-state index in [4.69, 9.17) is 0 Å². The minimum atomic E-state index is 0.105. The lowest BCUT2D eigenvalue weighted by Crippen LogP contribution is -2.36. The molecular formula is C12H23N5OS. The van der Waals surface area contributed by atoms with Gasteiger partial charge < -0.3 is 10.2 Å². The number of hydrogen-bond donors (Lipinski definition) is 1. The Kier molecular flexibility index (Phi) is 6.72. The van der Waals surface area contributed by atoms with E-state index in [0.717, 1.165) is 30.2 Å². The van der Waals surface area contributed by atoms with Crippen LogP contribution in [-0.2, 0) is 11.3 Å². The highest BCUT2D eigenvalue weighted by Crippen LogP contribution is 2.19. The van der Waals surface area contributed by atoms with E-state index >= 15 is 0 Å². The highest BCUT2D eigenvalue weighted by atomic mass is 32.1. The quantitative estimate of drug-likeness (QED) is 0.779. The van der Waals surface area contributed by atoms with Crippen molar-refractivity contribution in [3.8, 4) is 0 Å². The molecule has 1 aromatic rings. The molecule has 0 aliphatic rings. The highest BCUT2D eigenvalue weighted by Gasteiger charge is 2.15. The molecule has 0 fully saturated rings. The summed E-state index contributed by atoms with van der Waals surface area (Å²) in [5.74, 6) is 0.105. The Hall–Kier alpha value is -1.21. The summed E-state index contributed by atoms with van der Waals surface area (Å²) in [5, 5.41) is 8.48. The molecule has 0 aliphatic heterocycles. The van der Waals surface area contributed by atoms with E-state index in [1.165, 1.54) is 11.5 Å². The zero-order valence-corrected chi connectivity index (χ0v) is 13.0. The van der Waals surface area contributed by atoms with Gasteiger partial charge >= 0.3 is 0 Å². The van der Waals surface area contributed by atoms with E-state index in [2.05, 4.69) is 26.7 Å². The first-order valence-corrected chi connectivity index (χ1v) is 7.33. The Balaban J connectivity index is 2.60. The first-order chi connectivity index (χ1) is 9.08. The Morgan fingerprint density at radius 2 is 2.11 bits per heavy atom. The molecule has 0 bridgehead atoms. The average molecular weight is 285 g/mol. The molecule has 1 rings (SSSR count). The molecule has 0 aliphatic carbocycles. The summed E-state index contributed by atoms with van der Waals surface area (Å²) in [6, 6.07) is 0. The van der Waals surface area contributed by atoms with Gasteiger partial charge in [-0.3, -0.25) is 9.69 Å². The van der Waals surface area contributed by atoms with E-state index in [9.17, 15) is 4.79 Å². The summed E-state index contributed by atoms with van der Waals surface area (Å²) in [6.45, 7) is 6.95. The lowest BCUT2D eigenvalue weighted by Gasteiger charge is -2.21. The van der Waals surface area contributed by atoms with Crippen LogP contribution in [0.25, 0.3) is 0 Å². The third-order valence-corrected chi connectivity index (χ3v) is 3.50. The fourth-order valence-corrected chi connectivity index (χ4v) is 2.11. The Labute approximate surface area is 119 Å². The summed E-state index contributed by atoms with van der Waals surface area (Å²) in [7, 11) is 3.55. The van der Waals surface area contributed by atoms with Gasteiger partial charge in [0, 0.05) is 38.7 Å². The van der Waals surface area contributed by atoms with E-state index in [-0.39, 0.29) is 5.91 Å². The van der Waals surface area contributed by atoms with Gasteiger partial charge in [-0.2, -0.15) is 0 Å². The zero-order valence-electron chi connectivity index (χ0n) is 12.1. The number of nitrogens with one attached hydrogen (secondary N) is 1. The van der Waals surface area contributed by atoms with Crippen LogP contribution in [0.3, 0.4) is 0 Å².